The Hall–Kier alpha value is -2.29. The van der Waals surface area contributed by atoms with Gasteiger partial charge in [0.2, 0.25) is 5.91 Å². The minimum Gasteiger partial charge on any atom is -0.497 e. The number of hydrogen-bond acceptors (Lipinski definition) is 2. The Morgan fingerprint density at radius 1 is 1.13 bits per heavy atom. The second-order valence-corrected chi connectivity index (χ2v) is 5.91. The zero-order chi connectivity index (χ0) is 16.7. The molecular weight excluding hydrogens is 286 g/mol. The van der Waals surface area contributed by atoms with E-state index in [4.69, 9.17) is 4.74 Å². The molecular formula is C20H25NO2. The zero-order valence-electron chi connectivity index (χ0n) is 14.2. The summed E-state index contributed by atoms with van der Waals surface area (Å²) in [7, 11) is 1.67. The number of methoxy groups -OCH3 is 1. The predicted molar refractivity (Wildman–Crippen MR) is 93.9 cm³/mol. The molecule has 0 fully saturated rings. The normalized spacial score (nSPS) is 10.4. The molecule has 0 aliphatic carbocycles. The number of benzene rings is 2. The number of rotatable bonds is 7. The second-order valence-electron chi connectivity index (χ2n) is 5.91. The van der Waals surface area contributed by atoms with E-state index in [1.165, 1.54) is 16.7 Å². The van der Waals surface area contributed by atoms with Crippen LogP contribution in [0.1, 0.15) is 28.7 Å². The molecule has 1 N–H and O–H groups in total. The maximum absolute atomic E-state index is 12.1. The number of aryl methyl sites for hydroxylation is 3. The van der Waals surface area contributed by atoms with Gasteiger partial charge in [0.05, 0.1) is 13.5 Å². The second kappa shape index (κ2) is 8.37. The van der Waals surface area contributed by atoms with Crippen molar-refractivity contribution >= 4 is 5.91 Å². The van der Waals surface area contributed by atoms with E-state index in [9.17, 15) is 4.79 Å². The SMILES string of the molecule is COc1cccc(CCCNC(=O)Cc2cc(C)ccc2C)c1. The van der Waals surface area contributed by atoms with Crippen molar-refractivity contribution < 1.29 is 9.53 Å². The maximum Gasteiger partial charge on any atom is 0.224 e. The van der Waals surface area contributed by atoms with Crippen LogP contribution in [0.5, 0.6) is 5.75 Å². The molecule has 122 valence electrons. The Kier molecular flexibility index (Phi) is 6.21. The van der Waals surface area contributed by atoms with Crippen LogP contribution in [-0.4, -0.2) is 19.6 Å². The van der Waals surface area contributed by atoms with Crippen LogP contribution in [0.25, 0.3) is 0 Å². The number of ether oxygens (including phenoxy) is 1. The summed E-state index contributed by atoms with van der Waals surface area (Å²) in [5, 5.41) is 3.01. The molecule has 0 saturated heterocycles. The molecule has 0 bridgehead atoms. The first-order chi connectivity index (χ1) is 11.1. The van der Waals surface area contributed by atoms with Gasteiger partial charge in [0.15, 0.2) is 0 Å². The molecule has 0 atom stereocenters. The fourth-order valence-electron chi connectivity index (χ4n) is 2.57. The summed E-state index contributed by atoms with van der Waals surface area (Å²) >= 11 is 0. The van der Waals surface area contributed by atoms with Crippen LogP contribution < -0.4 is 10.1 Å². The van der Waals surface area contributed by atoms with E-state index < -0.39 is 0 Å². The molecule has 0 unspecified atom stereocenters. The number of carbonyl (C=O) groups is 1. The highest BCUT2D eigenvalue weighted by molar-refractivity contribution is 5.78. The quantitative estimate of drug-likeness (QED) is 0.793. The number of amides is 1. The van der Waals surface area contributed by atoms with Crippen molar-refractivity contribution in [2.45, 2.75) is 33.1 Å². The minimum atomic E-state index is 0.0874. The minimum absolute atomic E-state index is 0.0874. The van der Waals surface area contributed by atoms with E-state index in [1.807, 2.05) is 25.1 Å². The molecule has 0 aromatic heterocycles. The monoisotopic (exact) mass is 311 g/mol. The van der Waals surface area contributed by atoms with Crippen LogP contribution in [0.3, 0.4) is 0 Å². The van der Waals surface area contributed by atoms with Crippen LogP contribution in [0, 0.1) is 13.8 Å². The first-order valence-corrected chi connectivity index (χ1v) is 8.04. The smallest absolute Gasteiger partial charge is 0.224 e. The van der Waals surface area contributed by atoms with Gasteiger partial charge < -0.3 is 10.1 Å². The highest BCUT2D eigenvalue weighted by Gasteiger charge is 2.06. The largest absolute Gasteiger partial charge is 0.497 e. The van der Waals surface area contributed by atoms with Gasteiger partial charge in [0.25, 0.3) is 0 Å². The molecule has 0 spiro atoms. The van der Waals surface area contributed by atoms with Gasteiger partial charge in [0.1, 0.15) is 5.75 Å². The molecule has 23 heavy (non-hydrogen) atoms. The molecule has 0 saturated carbocycles. The first kappa shape index (κ1) is 17.1. The van der Waals surface area contributed by atoms with Crippen molar-refractivity contribution in [3.8, 4) is 5.75 Å². The highest BCUT2D eigenvalue weighted by atomic mass is 16.5. The van der Waals surface area contributed by atoms with Crippen LogP contribution >= 0.6 is 0 Å². The van der Waals surface area contributed by atoms with E-state index in [0.29, 0.717) is 13.0 Å². The fraction of sp³-hybridized carbons (Fsp3) is 0.350. The van der Waals surface area contributed by atoms with Crippen molar-refractivity contribution in [2.75, 3.05) is 13.7 Å². The van der Waals surface area contributed by atoms with E-state index in [0.717, 1.165) is 24.2 Å². The van der Waals surface area contributed by atoms with Crippen LogP contribution in [0.2, 0.25) is 0 Å². The van der Waals surface area contributed by atoms with Gasteiger partial charge in [-0.15, -0.1) is 0 Å². The average Bonchev–Trinajstić information content (AvgIpc) is 2.55. The molecule has 2 aromatic carbocycles. The number of hydrogen-bond donors (Lipinski definition) is 1. The summed E-state index contributed by atoms with van der Waals surface area (Å²) in [5.74, 6) is 0.964. The fourth-order valence-corrected chi connectivity index (χ4v) is 2.57. The van der Waals surface area contributed by atoms with Gasteiger partial charge in [-0.2, -0.15) is 0 Å². The average molecular weight is 311 g/mol. The predicted octanol–water partition coefficient (Wildman–Crippen LogP) is 3.60. The molecule has 0 aliphatic heterocycles. The van der Waals surface area contributed by atoms with Gasteiger partial charge in [-0.05, 0) is 55.5 Å². The topological polar surface area (TPSA) is 38.3 Å². The lowest BCUT2D eigenvalue weighted by Gasteiger charge is -2.09. The molecule has 2 aromatic rings. The number of carbonyl (C=O) groups excluding carboxylic acids is 1. The highest BCUT2D eigenvalue weighted by Crippen LogP contribution is 2.14. The van der Waals surface area contributed by atoms with Crippen molar-refractivity contribution in [2.24, 2.45) is 0 Å². The molecule has 0 heterocycles. The van der Waals surface area contributed by atoms with Gasteiger partial charge in [-0.3, -0.25) is 4.79 Å². The molecule has 0 radical (unpaired) electrons. The van der Waals surface area contributed by atoms with Crippen LogP contribution in [0.15, 0.2) is 42.5 Å². The van der Waals surface area contributed by atoms with E-state index in [2.05, 4.69) is 36.5 Å². The molecule has 2 rings (SSSR count). The van der Waals surface area contributed by atoms with Crippen LogP contribution in [0.4, 0.5) is 0 Å². The zero-order valence-corrected chi connectivity index (χ0v) is 14.2. The van der Waals surface area contributed by atoms with Gasteiger partial charge in [0, 0.05) is 6.54 Å². The lowest BCUT2D eigenvalue weighted by molar-refractivity contribution is -0.120. The standard InChI is InChI=1S/C20H25NO2/c1-15-9-10-16(2)18(12-15)14-20(22)21-11-5-7-17-6-4-8-19(13-17)23-3/h4,6,8-10,12-13H,5,7,11,14H2,1-3H3,(H,21,22). The Morgan fingerprint density at radius 3 is 2.74 bits per heavy atom. The van der Waals surface area contributed by atoms with Crippen molar-refractivity contribution in [1.82, 2.24) is 5.32 Å². The molecule has 1 amide bonds. The third kappa shape index (κ3) is 5.44. The summed E-state index contributed by atoms with van der Waals surface area (Å²) in [5.41, 5.74) is 4.70. The third-order valence-electron chi connectivity index (χ3n) is 3.95. The summed E-state index contributed by atoms with van der Waals surface area (Å²) in [6.07, 6.45) is 2.30. The Labute approximate surface area is 138 Å². The number of nitrogens with one attached hydrogen (secondary N) is 1. The maximum atomic E-state index is 12.1. The summed E-state index contributed by atoms with van der Waals surface area (Å²) in [6, 6.07) is 14.3. The first-order valence-electron chi connectivity index (χ1n) is 8.04. The van der Waals surface area contributed by atoms with Crippen molar-refractivity contribution in [3.05, 3.63) is 64.7 Å². The van der Waals surface area contributed by atoms with Crippen molar-refractivity contribution in [1.29, 1.82) is 0 Å². The third-order valence-corrected chi connectivity index (χ3v) is 3.95. The van der Waals surface area contributed by atoms with Gasteiger partial charge >= 0.3 is 0 Å². The molecule has 3 nitrogen and oxygen atoms in total. The Morgan fingerprint density at radius 2 is 1.96 bits per heavy atom. The summed E-state index contributed by atoms with van der Waals surface area (Å²) in [4.78, 5) is 12.1. The van der Waals surface area contributed by atoms with Gasteiger partial charge in [-0.25, -0.2) is 0 Å². The molecule has 3 heteroatoms. The lowest BCUT2D eigenvalue weighted by Crippen LogP contribution is -2.26. The van der Waals surface area contributed by atoms with E-state index in [-0.39, 0.29) is 5.91 Å². The Bertz CT molecular complexity index is 664. The van der Waals surface area contributed by atoms with E-state index in [1.54, 1.807) is 7.11 Å². The lowest BCUT2D eigenvalue weighted by atomic mass is 10.0. The van der Waals surface area contributed by atoms with Crippen LogP contribution in [-0.2, 0) is 17.6 Å². The van der Waals surface area contributed by atoms with Gasteiger partial charge in [-0.1, -0.05) is 35.9 Å². The van der Waals surface area contributed by atoms with Crippen molar-refractivity contribution in [3.63, 3.8) is 0 Å². The Balaban J connectivity index is 1.75. The summed E-state index contributed by atoms with van der Waals surface area (Å²) < 4.78 is 5.22. The molecule has 0 aliphatic rings. The summed E-state index contributed by atoms with van der Waals surface area (Å²) in [6.45, 7) is 4.79. The van der Waals surface area contributed by atoms with E-state index >= 15 is 0 Å².